The lowest BCUT2D eigenvalue weighted by molar-refractivity contribution is 0.00223. The van der Waals surface area contributed by atoms with E-state index in [0.717, 1.165) is 31.6 Å². The standard InChI is InChI=1S/C13H20ClN3O/c1-2-10-3-5-13(18,6-4-10)8-16-12-11(14)7-15-9-17-12/h7,9-10,18H,2-6,8H2,1H3,(H,15,16,17). The minimum Gasteiger partial charge on any atom is -0.388 e. The first-order valence-corrected chi connectivity index (χ1v) is 6.92. The van der Waals surface area contributed by atoms with Crippen molar-refractivity contribution in [2.75, 3.05) is 11.9 Å². The molecule has 1 fully saturated rings. The summed E-state index contributed by atoms with van der Waals surface area (Å²) in [5.74, 6) is 1.37. The molecular weight excluding hydrogens is 250 g/mol. The molecule has 0 radical (unpaired) electrons. The third-order valence-corrected chi connectivity index (χ3v) is 4.14. The summed E-state index contributed by atoms with van der Waals surface area (Å²) in [6.45, 7) is 2.72. The molecule has 1 heterocycles. The SMILES string of the molecule is CCC1CCC(O)(CNc2ncncc2Cl)CC1. The average molecular weight is 270 g/mol. The molecule has 1 saturated carbocycles. The lowest BCUT2D eigenvalue weighted by atomic mass is 9.78. The van der Waals surface area contributed by atoms with Gasteiger partial charge in [0.05, 0.1) is 11.8 Å². The van der Waals surface area contributed by atoms with E-state index >= 15 is 0 Å². The topological polar surface area (TPSA) is 58.0 Å². The Hall–Kier alpha value is -0.870. The molecule has 0 aromatic carbocycles. The van der Waals surface area contributed by atoms with Gasteiger partial charge in [0.15, 0.2) is 0 Å². The number of hydrogen-bond donors (Lipinski definition) is 2. The second-order valence-electron chi connectivity index (χ2n) is 5.15. The second-order valence-corrected chi connectivity index (χ2v) is 5.56. The third kappa shape index (κ3) is 3.33. The molecule has 18 heavy (non-hydrogen) atoms. The van der Waals surface area contributed by atoms with Crippen LogP contribution in [0.25, 0.3) is 0 Å². The number of halogens is 1. The summed E-state index contributed by atoms with van der Waals surface area (Å²) in [7, 11) is 0. The van der Waals surface area contributed by atoms with Crippen LogP contribution in [0, 0.1) is 5.92 Å². The lowest BCUT2D eigenvalue weighted by Crippen LogP contribution is -2.40. The first-order valence-electron chi connectivity index (χ1n) is 6.55. The van der Waals surface area contributed by atoms with Crippen molar-refractivity contribution in [2.24, 2.45) is 5.92 Å². The molecular formula is C13H20ClN3O. The number of hydrogen-bond acceptors (Lipinski definition) is 4. The Morgan fingerprint density at radius 1 is 1.50 bits per heavy atom. The van der Waals surface area contributed by atoms with E-state index in [4.69, 9.17) is 11.6 Å². The molecule has 0 saturated heterocycles. The lowest BCUT2D eigenvalue weighted by Gasteiger charge is -2.36. The number of aromatic nitrogens is 2. The molecule has 0 spiro atoms. The van der Waals surface area contributed by atoms with E-state index in [2.05, 4.69) is 22.2 Å². The fourth-order valence-electron chi connectivity index (χ4n) is 2.49. The Balaban J connectivity index is 1.88. The quantitative estimate of drug-likeness (QED) is 0.882. The summed E-state index contributed by atoms with van der Waals surface area (Å²) in [6, 6.07) is 0. The summed E-state index contributed by atoms with van der Waals surface area (Å²) in [6.07, 6.45) is 8.11. The van der Waals surface area contributed by atoms with Crippen LogP contribution in [0.1, 0.15) is 39.0 Å². The highest BCUT2D eigenvalue weighted by molar-refractivity contribution is 6.32. The third-order valence-electron chi connectivity index (χ3n) is 3.87. The molecule has 0 atom stereocenters. The highest BCUT2D eigenvalue weighted by atomic mass is 35.5. The van der Waals surface area contributed by atoms with Crippen LogP contribution in [0.4, 0.5) is 5.82 Å². The maximum Gasteiger partial charge on any atom is 0.148 e. The highest BCUT2D eigenvalue weighted by Crippen LogP contribution is 2.34. The minimum absolute atomic E-state index is 0.489. The largest absolute Gasteiger partial charge is 0.388 e. The average Bonchev–Trinajstić information content (AvgIpc) is 2.39. The summed E-state index contributed by atoms with van der Waals surface area (Å²) in [4.78, 5) is 7.89. The van der Waals surface area contributed by atoms with E-state index in [1.807, 2.05) is 0 Å². The Labute approximate surface area is 113 Å². The van der Waals surface area contributed by atoms with Gasteiger partial charge in [0, 0.05) is 6.54 Å². The van der Waals surface area contributed by atoms with Gasteiger partial charge in [-0.05, 0) is 31.6 Å². The molecule has 100 valence electrons. The number of rotatable bonds is 4. The van der Waals surface area contributed by atoms with Gasteiger partial charge in [-0.15, -0.1) is 0 Å². The van der Waals surface area contributed by atoms with Crippen molar-refractivity contribution >= 4 is 17.4 Å². The first kappa shape index (κ1) is 13.6. The molecule has 5 heteroatoms. The van der Waals surface area contributed by atoms with Gasteiger partial charge in [0.25, 0.3) is 0 Å². The predicted octanol–water partition coefficient (Wildman–Crippen LogP) is 2.87. The van der Waals surface area contributed by atoms with Crippen LogP contribution in [0.2, 0.25) is 5.02 Å². The van der Waals surface area contributed by atoms with E-state index in [9.17, 15) is 5.11 Å². The number of aliphatic hydroxyl groups is 1. The molecule has 0 aliphatic heterocycles. The zero-order valence-electron chi connectivity index (χ0n) is 10.7. The minimum atomic E-state index is -0.625. The Morgan fingerprint density at radius 3 is 2.83 bits per heavy atom. The Bertz CT molecular complexity index is 392. The van der Waals surface area contributed by atoms with Crippen LogP contribution in [0.5, 0.6) is 0 Å². The second kappa shape index (κ2) is 5.85. The molecule has 0 unspecified atom stereocenters. The predicted molar refractivity (Wildman–Crippen MR) is 72.7 cm³/mol. The highest BCUT2D eigenvalue weighted by Gasteiger charge is 2.32. The van der Waals surface area contributed by atoms with Crippen molar-refractivity contribution in [3.05, 3.63) is 17.5 Å². The zero-order chi connectivity index (χ0) is 13.0. The van der Waals surface area contributed by atoms with E-state index in [1.165, 1.54) is 12.7 Å². The van der Waals surface area contributed by atoms with E-state index in [-0.39, 0.29) is 0 Å². The van der Waals surface area contributed by atoms with Gasteiger partial charge in [-0.1, -0.05) is 24.9 Å². The Kier molecular flexibility index (Phi) is 4.40. The van der Waals surface area contributed by atoms with Gasteiger partial charge < -0.3 is 10.4 Å². The fraction of sp³-hybridized carbons (Fsp3) is 0.692. The van der Waals surface area contributed by atoms with Crippen LogP contribution in [0.15, 0.2) is 12.5 Å². The van der Waals surface area contributed by atoms with Crippen molar-refractivity contribution in [3.8, 4) is 0 Å². The van der Waals surface area contributed by atoms with Gasteiger partial charge >= 0.3 is 0 Å². The molecule has 1 aliphatic rings. The molecule has 0 amide bonds. The molecule has 4 nitrogen and oxygen atoms in total. The zero-order valence-corrected chi connectivity index (χ0v) is 11.5. The van der Waals surface area contributed by atoms with Crippen LogP contribution in [-0.2, 0) is 0 Å². The van der Waals surface area contributed by atoms with Crippen molar-refractivity contribution in [2.45, 2.75) is 44.6 Å². The van der Waals surface area contributed by atoms with Crippen LogP contribution >= 0.6 is 11.6 Å². The summed E-state index contributed by atoms with van der Waals surface area (Å²) < 4.78 is 0. The Morgan fingerprint density at radius 2 is 2.22 bits per heavy atom. The summed E-state index contributed by atoms with van der Waals surface area (Å²) >= 11 is 5.96. The van der Waals surface area contributed by atoms with Gasteiger partial charge in [-0.2, -0.15) is 0 Å². The molecule has 2 rings (SSSR count). The van der Waals surface area contributed by atoms with Crippen molar-refractivity contribution in [1.82, 2.24) is 9.97 Å². The van der Waals surface area contributed by atoms with Gasteiger partial charge in [-0.3, -0.25) is 0 Å². The molecule has 2 N–H and O–H groups in total. The van der Waals surface area contributed by atoms with Crippen LogP contribution in [0.3, 0.4) is 0 Å². The normalized spacial score (nSPS) is 28.1. The van der Waals surface area contributed by atoms with Crippen molar-refractivity contribution in [1.29, 1.82) is 0 Å². The van der Waals surface area contributed by atoms with E-state index < -0.39 is 5.60 Å². The summed E-state index contributed by atoms with van der Waals surface area (Å²) in [5.41, 5.74) is -0.625. The molecule has 1 aromatic heterocycles. The molecule has 1 aromatic rings. The van der Waals surface area contributed by atoms with Gasteiger partial charge in [0.1, 0.15) is 17.2 Å². The smallest absolute Gasteiger partial charge is 0.148 e. The van der Waals surface area contributed by atoms with Gasteiger partial charge in [-0.25, -0.2) is 9.97 Å². The maximum atomic E-state index is 10.5. The van der Waals surface area contributed by atoms with E-state index in [0.29, 0.717) is 17.4 Å². The maximum absolute atomic E-state index is 10.5. The van der Waals surface area contributed by atoms with Gasteiger partial charge in [0.2, 0.25) is 0 Å². The number of nitrogens with zero attached hydrogens (tertiary/aromatic N) is 2. The van der Waals surface area contributed by atoms with E-state index in [1.54, 1.807) is 6.20 Å². The fourth-order valence-corrected chi connectivity index (χ4v) is 2.66. The van der Waals surface area contributed by atoms with Crippen LogP contribution < -0.4 is 5.32 Å². The molecule has 0 bridgehead atoms. The number of nitrogens with one attached hydrogen (secondary N) is 1. The van der Waals surface area contributed by atoms with Crippen molar-refractivity contribution < 1.29 is 5.11 Å². The number of anilines is 1. The van der Waals surface area contributed by atoms with Crippen molar-refractivity contribution in [3.63, 3.8) is 0 Å². The molecule has 1 aliphatic carbocycles. The van der Waals surface area contributed by atoms with Crippen LogP contribution in [-0.4, -0.2) is 27.2 Å². The first-order chi connectivity index (χ1) is 8.63. The monoisotopic (exact) mass is 269 g/mol. The summed E-state index contributed by atoms with van der Waals surface area (Å²) in [5, 5.41) is 14.1.